The normalized spacial score (nSPS) is 9.45. The molecule has 9 nitrogen and oxygen atoms in total. The van der Waals surface area contributed by atoms with Crippen molar-refractivity contribution in [3.63, 3.8) is 0 Å². The minimum atomic E-state index is -0.335. The fourth-order valence-electron chi connectivity index (χ4n) is 2.39. The summed E-state index contributed by atoms with van der Waals surface area (Å²) in [5.74, 6) is 0.616. The van der Waals surface area contributed by atoms with Crippen LogP contribution in [0.4, 0.5) is 0 Å². The van der Waals surface area contributed by atoms with Crippen molar-refractivity contribution in [2.45, 2.75) is 61.2 Å². The number of hydrogen-bond donors (Lipinski definition) is 2. The van der Waals surface area contributed by atoms with Crippen molar-refractivity contribution in [3.8, 4) is 11.5 Å². The lowest BCUT2D eigenvalue weighted by Crippen LogP contribution is -2.23. The van der Waals surface area contributed by atoms with Gasteiger partial charge in [-0.25, -0.2) is 9.59 Å². The van der Waals surface area contributed by atoms with E-state index < -0.39 is 0 Å². The number of nitrogens with zero attached hydrogens (tertiary/aromatic N) is 4. The molecule has 3 rings (SSSR count). The van der Waals surface area contributed by atoms with Gasteiger partial charge in [0.1, 0.15) is 12.4 Å². The van der Waals surface area contributed by atoms with Crippen LogP contribution in [-0.4, -0.2) is 36.4 Å². The molecule has 0 saturated heterocycles. The van der Waals surface area contributed by atoms with Crippen molar-refractivity contribution >= 4 is 0 Å². The average Bonchev–Trinajstić information content (AvgIpc) is 2.77. The van der Waals surface area contributed by atoms with Gasteiger partial charge in [0.15, 0.2) is 5.75 Å². The van der Waals surface area contributed by atoms with E-state index in [4.69, 9.17) is 14.9 Å². The van der Waals surface area contributed by atoms with Gasteiger partial charge in [-0.1, -0.05) is 45.2 Å². The molecular formula is C24H38N4O5. The number of aromatic hydroxyl groups is 1. The van der Waals surface area contributed by atoms with Crippen LogP contribution in [0.25, 0.3) is 0 Å². The molecule has 3 aromatic rings. The predicted molar refractivity (Wildman–Crippen MR) is 132 cm³/mol. The maximum atomic E-state index is 11.5. The zero-order valence-corrected chi connectivity index (χ0v) is 18.5. The van der Waals surface area contributed by atoms with E-state index in [0.717, 1.165) is 18.9 Å². The number of ether oxygens (including phenoxy) is 1. The van der Waals surface area contributed by atoms with Gasteiger partial charge in [0.2, 0.25) is 0 Å². The number of hydrogen-bond acceptors (Lipinski definition) is 7. The van der Waals surface area contributed by atoms with Gasteiger partial charge in [0.25, 0.3) is 0 Å². The van der Waals surface area contributed by atoms with Gasteiger partial charge in [-0.15, -0.1) is 0 Å². The van der Waals surface area contributed by atoms with E-state index >= 15 is 0 Å². The zero-order valence-electron chi connectivity index (χ0n) is 18.5. The second-order valence-corrected chi connectivity index (χ2v) is 6.94. The summed E-state index contributed by atoms with van der Waals surface area (Å²) >= 11 is 0. The predicted octanol–water partition coefficient (Wildman–Crippen LogP) is 3.81. The summed E-state index contributed by atoms with van der Waals surface area (Å²) in [5.41, 5.74) is 0.495. The first kappa shape index (κ1) is 31.7. The topological polar surface area (TPSA) is 119 Å². The van der Waals surface area contributed by atoms with Gasteiger partial charge in [0, 0.05) is 19.2 Å². The van der Waals surface area contributed by atoms with Crippen LogP contribution in [0.1, 0.15) is 60.2 Å². The Labute approximate surface area is 196 Å². The Balaban J connectivity index is 0. The minimum Gasteiger partial charge on any atom is -0.505 e. The van der Waals surface area contributed by atoms with Gasteiger partial charge in [-0.05, 0) is 33.3 Å². The number of aliphatic hydroxyl groups excluding tert-OH is 1. The highest BCUT2D eigenvalue weighted by atomic mass is 16.5. The Morgan fingerprint density at radius 3 is 1.82 bits per heavy atom. The Kier molecular flexibility index (Phi) is 15.6. The lowest BCUT2D eigenvalue weighted by atomic mass is 10.2. The van der Waals surface area contributed by atoms with Gasteiger partial charge in [0.05, 0.1) is 24.8 Å². The second kappa shape index (κ2) is 16.2. The highest BCUT2D eigenvalue weighted by molar-refractivity contribution is 5.17. The fraction of sp³-hybridized carbons (Fsp3) is 0.417. The third kappa shape index (κ3) is 10.6. The van der Waals surface area contributed by atoms with E-state index in [1.54, 1.807) is 10.8 Å². The molecule has 0 atom stereocenters. The lowest BCUT2D eigenvalue weighted by Gasteiger charge is -2.11. The summed E-state index contributed by atoms with van der Waals surface area (Å²) in [7, 11) is 1.00. The molecule has 0 radical (unpaired) electrons. The highest BCUT2D eigenvalue weighted by Gasteiger charge is 2.04. The summed E-state index contributed by atoms with van der Waals surface area (Å²) in [5, 5.41) is 16.0. The van der Waals surface area contributed by atoms with Gasteiger partial charge in [-0.3, -0.25) is 9.13 Å². The summed E-state index contributed by atoms with van der Waals surface area (Å²) < 4.78 is 8.54. The largest absolute Gasteiger partial charge is 0.505 e. The molecule has 9 heteroatoms. The van der Waals surface area contributed by atoms with E-state index in [0.29, 0.717) is 12.4 Å². The van der Waals surface area contributed by atoms with Gasteiger partial charge < -0.3 is 14.9 Å². The fourth-order valence-corrected chi connectivity index (χ4v) is 2.39. The highest BCUT2D eigenvalue weighted by Crippen LogP contribution is 2.11. The quantitative estimate of drug-likeness (QED) is 0.591. The van der Waals surface area contributed by atoms with Crippen molar-refractivity contribution in [3.05, 3.63) is 81.7 Å². The number of rotatable bonds is 5. The Hall–Kier alpha value is -3.46. The minimum absolute atomic E-state index is 0. The third-order valence-corrected chi connectivity index (χ3v) is 3.95. The molecule has 1 aromatic carbocycles. The van der Waals surface area contributed by atoms with Crippen molar-refractivity contribution in [2.75, 3.05) is 7.11 Å². The molecular weight excluding hydrogens is 424 g/mol. The Morgan fingerprint density at radius 1 is 0.848 bits per heavy atom. The molecule has 0 saturated carbocycles. The maximum absolute atomic E-state index is 11.5. The molecule has 0 bridgehead atoms. The van der Waals surface area contributed by atoms with Crippen molar-refractivity contribution in [1.82, 2.24) is 19.1 Å². The van der Waals surface area contributed by atoms with Crippen LogP contribution in [0, 0.1) is 0 Å². The van der Waals surface area contributed by atoms with Crippen LogP contribution in [0.2, 0.25) is 0 Å². The maximum Gasteiger partial charge on any atom is 0.347 e. The Morgan fingerprint density at radius 2 is 1.33 bits per heavy atom. The van der Waals surface area contributed by atoms with E-state index in [1.807, 2.05) is 58.0 Å². The summed E-state index contributed by atoms with van der Waals surface area (Å²) in [6.45, 7) is 8.04. The van der Waals surface area contributed by atoms with Crippen molar-refractivity contribution < 1.29 is 14.9 Å². The Bertz CT molecular complexity index is 1030. The van der Waals surface area contributed by atoms with E-state index in [2.05, 4.69) is 9.97 Å². The first-order valence-corrected chi connectivity index (χ1v) is 9.74. The number of benzene rings is 1. The monoisotopic (exact) mass is 462 g/mol. The molecule has 0 amide bonds. The SMILES string of the molecule is C.C.CC(C)n1cc(O)cnc1=O.CC(C)n1cc(OCc2ccccc2)cnc1=O.CO. The average molecular weight is 463 g/mol. The van der Waals surface area contributed by atoms with Crippen LogP contribution in [-0.2, 0) is 6.61 Å². The van der Waals surface area contributed by atoms with E-state index in [-0.39, 0.29) is 44.1 Å². The third-order valence-electron chi connectivity index (χ3n) is 3.95. The molecule has 0 spiro atoms. The molecule has 2 heterocycles. The zero-order chi connectivity index (χ0) is 23.4. The molecule has 2 aromatic heterocycles. The molecule has 0 aliphatic carbocycles. The van der Waals surface area contributed by atoms with E-state index in [9.17, 15) is 9.59 Å². The first-order chi connectivity index (χ1) is 14.8. The van der Waals surface area contributed by atoms with Crippen molar-refractivity contribution in [1.29, 1.82) is 0 Å². The lowest BCUT2D eigenvalue weighted by molar-refractivity contribution is 0.299. The van der Waals surface area contributed by atoms with Crippen LogP contribution in [0.3, 0.4) is 0 Å². The summed E-state index contributed by atoms with van der Waals surface area (Å²) in [4.78, 5) is 29.7. The molecule has 0 aliphatic rings. The van der Waals surface area contributed by atoms with Crippen LogP contribution < -0.4 is 16.1 Å². The number of aromatic nitrogens is 4. The molecule has 0 aliphatic heterocycles. The smallest absolute Gasteiger partial charge is 0.347 e. The first-order valence-electron chi connectivity index (χ1n) is 9.74. The van der Waals surface area contributed by atoms with E-state index in [1.165, 1.54) is 17.0 Å². The standard InChI is InChI=1S/C14H16N2O2.C7H10N2O2.CH4O.2CH4/c1-11(2)16-9-13(8-15-14(16)17)18-10-12-6-4-3-5-7-12;1-5(2)9-4-6(10)3-8-7(9)11;1-2;;/h3-9,11H,10H2,1-2H3;3-5,10H,1-2H3;2H,1H3;2*1H4. The molecule has 2 N–H and O–H groups in total. The second-order valence-electron chi connectivity index (χ2n) is 6.94. The summed E-state index contributed by atoms with van der Waals surface area (Å²) in [6, 6.07) is 9.98. The molecule has 33 heavy (non-hydrogen) atoms. The van der Waals surface area contributed by atoms with Gasteiger partial charge >= 0.3 is 11.4 Å². The van der Waals surface area contributed by atoms with Crippen LogP contribution in [0.15, 0.2) is 64.7 Å². The molecule has 0 unspecified atom stereocenters. The van der Waals surface area contributed by atoms with Crippen LogP contribution in [0.5, 0.6) is 11.5 Å². The van der Waals surface area contributed by atoms with Crippen molar-refractivity contribution in [2.24, 2.45) is 0 Å². The van der Waals surface area contributed by atoms with Gasteiger partial charge in [-0.2, -0.15) is 9.97 Å². The molecule has 0 fully saturated rings. The molecule has 184 valence electrons. The van der Waals surface area contributed by atoms with Crippen LogP contribution >= 0.6 is 0 Å². The summed E-state index contributed by atoms with van der Waals surface area (Å²) in [6.07, 6.45) is 5.67. The number of aliphatic hydroxyl groups is 1.